The fourth-order valence-electron chi connectivity index (χ4n) is 4.86. The molecular weight excluding hydrogens is 478 g/mol. The van der Waals surface area contributed by atoms with Crippen LogP contribution in [0.2, 0.25) is 12.9 Å². The fourth-order valence-corrected chi connectivity index (χ4v) is 17.4. The summed E-state index contributed by atoms with van der Waals surface area (Å²) in [7, 11) is 0. The quantitative estimate of drug-likeness (QED) is 0.370. The Morgan fingerprint density at radius 1 is 0.857 bits per heavy atom. The van der Waals surface area contributed by atoms with Crippen molar-refractivity contribution in [2.45, 2.75) is 42.2 Å². The van der Waals surface area contributed by atoms with Gasteiger partial charge in [0.25, 0.3) is 0 Å². The van der Waals surface area contributed by atoms with E-state index in [2.05, 4.69) is 95.9 Å². The zero-order valence-electron chi connectivity index (χ0n) is 17.1. The Bertz CT molecular complexity index is 970. The van der Waals surface area contributed by atoms with Gasteiger partial charge in [-0.1, -0.05) is 0 Å². The molecule has 0 N–H and O–H groups in total. The number of allylic oxidation sites excluding steroid dienone is 2. The van der Waals surface area contributed by atoms with Gasteiger partial charge in [0, 0.05) is 0 Å². The Morgan fingerprint density at radius 3 is 2.07 bits per heavy atom. The van der Waals surface area contributed by atoms with E-state index in [4.69, 9.17) is 0 Å². The van der Waals surface area contributed by atoms with Crippen molar-refractivity contribution in [3.63, 3.8) is 0 Å². The first kappa shape index (κ1) is 23.9. The molecule has 2 aromatic carbocycles. The van der Waals surface area contributed by atoms with Gasteiger partial charge in [-0.25, -0.2) is 0 Å². The normalized spacial score (nSPS) is 20.7. The Labute approximate surface area is 185 Å². The summed E-state index contributed by atoms with van der Waals surface area (Å²) in [6.45, 7) is 4.98. The largest absolute Gasteiger partial charge is 0.147 e. The van der Waals surface area contributed by atoms with Crippen LogP contribution in [0, 0.1) is 0 Å². The third kappa shape index (κ3) is 4.22. The molecule has 0 aromatic heterocycles. The average molecular weight is 511 g/mol. The summed E-state index contributed by atoms with van der Waals surface area (Å²) in [5, 5.41) is 0. The summed E-state index contributed by atoms with van der Waals surface area (Å²) in [4.78, 5) is 0. The molecule has 28 heavy (non-hydrogen) atoms. The van der Waals surface area contributed by atoms with Gasteiger partial charge in [-0.2, -0.15) is 0 Å². The number of halogens is 2. The molecule has 0 heterocycles. The van der Waals surface area contributed by atoms with Gasteiger partial charge in [-0.15, -0.1) is 24.8 Å². The molecule has 150 valence electrons. The van der Waals surface area contributed by atoms with Crippen LogP contribution in [0.25, 0.3) is 12.2 Å². The summed E-state index contributed by atoms with van der Waals surface area (Å²) in [6.07, 6.45) is 12.3. The third-order valence-corrected chi connectivity index (χ3v) is 28.9. The van der Waals surface area contributed by atoms with E-state index < -0.39 is 17.4 Å². The topological polar surface area (TPSA) is 0 Å². The van der Waals surface area contributed by atoms with E-state index >= 15 is 0 Å². The first-order chi connectivity index (χ1) is 12.4. The average Bonchev–Trinajstić information content (AvgIpc) is 3.24. The van der Waals surface area contributed by atoms with Crippen molar-refractivity contribution >= 4 is 43.8 Å². The van der Waals surface area contributed by atoms with Crippen LogP contribution in [0.3, 0.4) is 0 Å². The predicted octanol–water partition coefficient (Wildman–Crippen LogP) is 7.33. The number of hydrogen-bond acceptors (Lipinski definition) is 0. The Morgan fingerprint density at radius 2 is 1.39 bits per heavy atom. The van der Waals surface area contributed by atoms with E-state index in [0.717, 1.165) is 3.63 Å². The molecule has 3 atom stereocenters. The van der Waals surface area contributed by atoms with Crippen molar-refractivity contribution in [1.29, 1.82) is 0 Å². The van der Waals surface area contributed by atoms with Crippen LogP contribution in [0.4, 0.5) is 0 Å². The summed E-state index contributed by atoms with van der Waals surface area (Å²) in [5.41, 5.74) is 6.00. The summed E-state index contributed by atoms with van der Waals surface area (Å²) >= 11 is -2.89. The third-order valence-electron chi connectivity index (χ3n) is 7.25. The molecule has 0 saturated heterocycles. The van der Waals surface area contributed by atoms with Crippen molar-refractivity contribution < 1.29 is 17.4 Å². The van der Waals surface area contributed by atoms with Gasteiger partial charge in [0.2, 0.25) is 0 Å². The van der Waals surface area contributed by atoms with E-state index in [9.17, 15) is 0 Å². The van der Waals surface area contributed by atoms with Crippen molar-refractivity contribution in [2.75, 3.05) is 0 Å². The molecule has 2 aromatic rings. The minimum atomic E-state index is -2.89. The van der Waals surface area contributed by atoms with Gasteiger partial charge in [-0.05, 0) is 0 Å². The van der Waals surface area contributed by atoms with Crippen molar-refractivity contribution in [1.82, 2.24) is 0 Å². The molecule has 0 radical (unpaired) electrons. The van der Waals surface area contributed by atoms with Gasteiger partial charge >= 0.3 is 162 Å². The second-order valence-electron chi connectivity index (χ2n) is 9.48. The molecule has 4 heteroatoms. The Balaban J connectivity index is 0.00000140. The number of hydrogen-bond donors (Lipinski definition) is 0. The van der Waals surface area contributed by atoms with E-state index in [-0.39, 0.29) is 24.8 Å². The van der Waals surface area contributed by atoms with Gasteiger partial charge in [0.1, 0.15) is 0 Å². The fraction of sp³-hybridized carbons (Fsp3) is 0.333. The standard InChI is InChI=1S/C13H15.C9H7.2CH3.2ClH.H2Si.Zr/c1-2-3-6-11-9-10-12-7-4-5-8-13(11)12;1-2-5-9-7-3-6-8(9)4-1;;;;;;/h2,4-5,7-11H,3,6H2,1H3;1-7H;2*1H3;2*1H;1H2;. The molecule has 0 saturated carbocycles. The number of rotatable bonds is 5. The van der Waals surface area contributed by atoms with Crippen LogP contribution in [-0.2, 0) is 17.4 Å². The van der Waals surface area contributed by atoms with E-state index in [1.54, 1.807) is 5.56 Å². The van der Waals surface area contributed by atoms with Crippen LogP contribution in [0.1, 0.15) is 51.6 Å². The molecule has 2 aliphatic carbocycles. The van der Waals surface area contributed by atoms with E-state index in [0.29, 0.717) is 9.54 Å². The molecule has 0 spiro atoms. The molecule has 0 bridgehead atoms. The maximum absolute atomic E-state index is 2.89. The number of benzene rings is 2. The zero-order chi connectivity index (χ0) is 18.4. The molecule has 0 aliphatic heterocycles. The second kappa shape index (κ2) is 8.76. The van der Waals surface area contributed by atoms with Gasteiger partial charge in [0.05, 0.1) is 0 Å². The van der Waals surface area contributed by atoms with Crippen LogP contribution in [0.15, 0.2) is 60.7 Å². The molecule has 0 nitrogen and oxygen atoms in total. The minimum absolute atomic E-state index is 0. The zero-order valence-corrected chi connectivity index (χ0v) is 22.6. The minimum Gasteiger partial charge on any atom is -0.147 e. The molecule has 4 rings (SSSR count). The summed E-state index contributed by atoms with van der Waals surface area (Å²) in [6, 6.07) is 18.0. The smallest absolute Gasteiger partial charge is 0.147 e. The maximum Gasteiger partial charge on any atom is -0.147 e. The van der Waals surface area contributed by atoms with Gasteiger partial charge < -0.3 is 0 Å². The van der Waals surface area contributed by atoms with Crippen molar-refractivity contribution in [3.8, 4) is 0 Å². The van der Waals surface area contributed by atoms with Crippen LogP contribution in [0.5, 0.6) is 0 Å². The molecule has 0 amide bonds. The van der Waals surface area contributed by atoms with Crippen LogP contribution < -0.4 is 0 Å². The van der Waals surface area contributed by atoms with Gasteiger partial charge in [0.15, 0.2) is 0 Å². The van der Waals surface area contributed by atoms with Crippen LogP contribution in [-0.4, -0.2) is 6.88 Å². The van der Waals surface area contributed by atoms with Crippen LogP contribution >= 0.6 is 24.8 Å². The van der Waals surface area contributed by atoms with Crippen molar-refractivity contribution in [3.05, 3.63) is 82.9 Å². The molecule has 3 unspecified atom stereocenters. The molecular formula is C24H32Cl2SiZr. The monoisotopic (exact) mass is 508 g/mol. The Hall–Kier alpha value is -0.400. The predicted molar refractivity (Wildman–Crippen MR) is 130 cm³/mol. The van der Waals surface area contributed by atoms with Crippen molar-refractivity contribution in [2.24, 2.45) is 0 Å². The first-order valence-corrected chi connectivity index (χ1v) is 23.6. The Kier molecular flexibility index (Phi) is 7.47. The molecule has 2 aliphatic rings. The summed E-state index contributed by atoms with van der Waals surface area (Å²) in [5.74, 6) is 0.619. The first-order valence-electron chi connectivity index (χ1n) is 9.97. The number of fused-ring (bicyclic) bond motifs is 2. The van der Waals surface area contributed by atoms with E-state index in [1.165, 1.54) is 29.5 Å². The SMILES string of the molecule is C[CH](CCC1C=Cc2ccccc21)[Zr]([CH3])([CH3])(=[SiH2])[CH]1C=Cc2ccccc21.Cl.Cl. The second-order valence-corrected chi connectivity index (χ2v) is 41.1. The van der Waals surface area contributed by atoms with E-state index in [1.807, 2.05) is 0 Å². The molecule has 0 fully saturated rings. The summed E-state index contributed by atoms with van der Waals surface area (Å²) < 4.78 is 6.93. The maximum atomic E-state index is 2.69. The van der Waals surface area contributed by atoms with Gasteiger partial charge in [-0.3, -0.25) is 0 Å².